The largest absolute Gasteiger partial charge is 0.465 e. The second kappa shape index (κ2) is 4.49. The van der Waals surface area contributed by atoms with Crippen LogP contribution in [-0.2, 0) is 9.53 Å². The van der Waals surface area contributed by atoms with Gasteiger partial charge in [0.05, 0.1) is 18.8 Å². The first-order valence-electron chi connectivity index (χ1n) is 6.02. The van der Waals surface area contributed by atoms with Crippen molar-refractivity contribution in [2.24, 2.45) is 5.73 Å². The Morgan fingerprint density at radius 3 is 3.12 bits per heavy atom. The first-order chi connectivity index (χ1) is 8.05. The van der Waals surface area contributed by atoms with Gasteiger partial charge in [-0.05, 0) is 38.7 Å². The van der Waals surface area contributed by atoms with Crippen LogP contribution in [0.25, 0.3) is 0 Å². The third-order valence-corrected chi connectivity index (χ3v) is 3.31. The number of nitrogens with zero attached hydrogens (tertiary/aromatic N) is 2. The van der Waals surface area contributed by atoms with E-state index in [1.54, 1.807) is 6.92 Å². The van der Waals surface area contributed by atoms with Gasteiger partial charge in [-0.15, -0.1) is 0 Å². The van der Waals surface area contributed by atoms with Crippen LogP contribution in [0, 0.1) is 6.92 Å². The minimum Gasteiger partial charge on any atom is -0.465 e. The van der Waals surface area contributed by atoms with Gasteiger partial charge in [0.2, 0.25) is 0 Å². The second-order valence-corrected chi connectivity index (χ2v) is 4.77. The zero-order valence-corrected chi connectivity index (χ0v) is 10.3. The molecule has 2 rings (SSSR count). The maximum Gasteiger partial charge on any atom is 0.326 e. The van der Waals surface area contributed by atoms with Crippen LogP contribution in [0.15, 0.2) is 12.4 Å². The molecule has 0 saturated heterocycles. The molecule has 5 nitrogen and oxygen atoms in total. The SMILES string of the molecule is CCOC(=O)C1(N)CCC(n2cc(C)cn2)C1. The molecule has 17 heavy (non-hydrogen) atoms. The van der Waals surface area contributed by atoms with Crippen LogP contribution in [-0.4, -0.2) is 27.9 Å². The van der Waals surface area contributed by atoms with E-state index in [2.05, 4.69) is 5.10 Å². The zero-order valence-electron chi connectivity index (χ0n) is 10.3. The minimum atomic E-state index is -0.833. The van der Waals surface area contributed by atoms with Gasteiger partial charge < -0.3 is 10.5 Å². The van der Waals surface area contributed by atoms with Crippen molar-refractivity contribution in [1.82, 2.24) is 9.78 Å². The summed E-state index contributed by atoms with van der Waals surface area (Å²) in [4.78, 5) is 11.8. The van der Waals surface area contributed by atoms with E-state index >= 15 is 0 Å². The molecule has 1 saturated carbocycles. The summed E-state index contributed by atoms with van der Waals surface area (Å²) in [5.74, 6) is -0.286. The fraction of sp³-hybridized carbons (Fsp3) is 0.667. The van der Waals surface area contributed by atoms with E-state index in [0.717, 1.165) is 12.0 Å². The molecule has 2 atom stereocenters. The van der Waals surface area contributed by atoms with E-state index in [1.165, 1.54) is 0 Å². The molecule has 5 heteroatoms. The summed E-state index contributed by atoms with van der Waals surface area (Å²) in [6.45, 7) is 4.17. The maximum atomic E-state index is 11.8. The lowest BCUT2D eigenvalue weighted by Gasteiger charge is -2.21. The molecule has 0 spiro atoms. The van der Waals surface area contributed by atoms with E-state index < -0.39 is 5.54 Å². The van der Waals surface area contributed by atoms with Crippen molar-refractivity contribution in [1.29, 1.82) is 0 Å². The Morgan fingerprint density at radius 1 is 1.76 bits per heavy atom. The van der Waals surface area contributed by atoms with Gasteiger partial charge in [-0.3, -0.25) is 9.48 Å². The zero-order chi connectivity index (χ0) is 12.5. The summed E-state index contributed by atoms with van der Waals surface area (Å²) in [5, 5.41) is 4.28. The normalized spacial score (nSPS) is 28.3. The summed E-state index contributed by atoms with van der Waals surface area (Å²) in [5.41, 5.74) is 6.40. The molecule has 2 N–H and O–H groups in total. The van der Waals surface area contributed by atoms with Crippen molar-refractivity contribution in [2.45, 2.75) is 44.7 Å². The van der Waals surface area contributed by atoms with Crippen LogP contribution in [0.3, 0.4) is 0 Å². The first kappa shape index (κ1) is 12.1. The molecular weight excluding hydrogens is 218 g/mol. The van der Waals surface area contributed by atoms with Gasteiger partial charge in [-0.1, -0.05) is 0 Å². The number of aryl methyl sites for hydroxylation is 1. The number of rotatable bonds is 3. The van der Waals surface area contributed by atoms with Crippen LogP contribution >= 0.6 is 0 Å². The number of carbonyl (C=O) groups is 1. The molecule has 1 aromatic rings. The van der Waals surface area contributed by atoms with Crippen LogP contribution in [0.1, 0.15) is 37.8 Å². The van der Waals surface area contributed by atoms with E-state index in [0.29, 0.717) is 19.4 Å². The Balaban J connectivity index is 2.06. The van der Waals surface area contributed by atoms with E-state index in [-0.39, 0.29) is 12.0 Å². The molecule has 94 valence electrons. The van der Waals surface area contributed by atoms with Crippen molar-refractivity contribution >= 4 is 5.97 Å². The van der Waals surface area contributed by atoms with Gasteiger partial charge in [0, 0.05) is 6.20 Å². The van der Waals surface area contributed by atoms with Gasteiger partial charge in [-0.2, -0.15) is 5.10 Å². The van der Waals surface area contributed by atoms with Crippen molar-refractivity contribution in [3.05, 3.63) is 18.0 Å². The predicted molar refractivity (Wildman–Crippen MR) is 63.4 cm³/mol. The molecule has 0 radical (unpaired) electrons. The summed E-state index contributed by atoms with van der Waals surface area (Å²) >= 11 is 0. The van der Waals surface area contributed by atoms with Gasteiger partial charge in [0.15, 0.2) is 0 Å². The number of carbonyl (C=O) groups excluding carboxylic acids is 1. The molecule has 1 heterocycles. The summed E-state index contributed by atoms with van der Waals surface area (Å²) in [7, 11) is 0. The monoisotopic (exact) mass is 237 g/mol. The number of nitrogens with two attached hydrogens (primary N) is 1. The minimum absolute atomic E-state index is 0.207. The predicted octanol–water partition coefficient (Wildman–Crippen LogP) is 1.18. The van der Waals surface area contributed by atoms with Crippen LogP contribution in [0.2, 0.25) is 0 Å². The second-order valence-electron chi connectivity index (χ2n) is 4.77. The first-order valence-corrected chi connectivity index (χ1v) is 6.02. The molecule has 1 fully saturated rings. The summed E-state index contributed by atoms with van der Waals surface area (Å²) in [6.07, 6.45) is 5.95. The molecule has 0 aliphatic heterocycles. The Labute approximate surface area is 101 Å². The Bertz CT molecular complexity index is 416. The van der Waals surface area contributed by atoms with Crippen molar-refractivity contribution in [2.75, 3.05) is 6.61 Å². The highest BCUT2D eigenvalue weighted by molar-refractivity contribution is 5.81. The third-order valence-electron chi connectivity index (χ3n) is 3.31. The molecule has 0 amide bonds. The summed E-state index contributed by atoms with van der Waals surface area (Å²) < 4.78 is 6.93. The van der Waals surface area contributed by atoms with E-state index in [4.69, 9.17) is 10.5 Å². The highest BCUT2D eigenvalue weighted by atomic mass is 16.5. The molecule has 1 aliphatic carbocycles. The van der Waals surface area contributed by atoms with Crippen LogP contribution in [0.5, 0.6) is 0 Å². The van der Waals surface area contributed by atoms with Crippen molar-refractivity contribution in [3.63, 3.8) is 0 Å². The third kappa shape index (κ3) is 2.34. The molecule has 0 aromatic carbocycles. The summed E-state index contributed by atoms with van der Waals surface area (Å²) in [6, 6.07) is 0.207. The van der Waals surface area contributed by atoms with E-state index in [9.17, 15) is 4.79 Å². The van der Waals surface area contributed by atoms with Crippen molar-refractivity contribution in [3.8, 4) is 0 Å². The highest BCUT2D eigenvalue weighted by Crippen LogP contribution is 2.36. The quantitative estimate of drug-likeness (QED) is 0.801. The molecule has 0 bridgehead atoms. The highest BCUT2D eigenvalue weighted by Gasteiger charge is 2.44. The van der Waals surface area contributed by atoms with Gasteiger partial charge in [0.1, 0.15) is 5.54 Å². The fourth-order valence-electron chi connectivity index (χ4n) is 2.37. The fourth-order valence-corrected chi connectivity index (χ4v) is 2.37. The molecule has 2 unspecified atom stereocenters. The lowest BCUT2D eigenvalue weighted by atomic mass is 9.99. The molecule has 1 aromatic heterocycles. The Morgan fingerprint density at radius 2 is 2.53 bits per heavy atom. The number of ether oxygens (including phenoxy) is 1. The Kier molecular flexibility index (Phi) is 3.19. The lowest BCUT2D eigenvalue weighted by molar-refractivity contribution is -0.149. The average Bonchev–Trinajstić information content (AvgIpc) is 2.86. The van der Waals surface area contributed by atoms with Gasteiger partial charge in [0.25, 0.3) is 0 Å². The van der Waals surface area contributed by atoms with Gasteiger partial charge in [-0.25, -0.2) is 0 Å². The van der Waals surface area contributed by atoms with Crippen molar-refractivity contribution < 1.29 is 9.53 Å². The van der Waals surface area contributed by atoms with E-state index in [1.807, 2.05) is 24.0 Å². The van der Waals surface area contributed by atoms with Crippen LogP contribution in [0.4, 0.5) is 0 Å². The smallest absolute Gasteiger partial charge is 0.326 e. The topological polar surface area (TPSA) is 70.1 Å². The average molecular weight is 237 g/mol. The molecular formula is C12H19N3O2. The number of esters is 1. The standard InChI is InChI=1S/C12H19N3O2/c1-3-17-11(16)12(13)5-4-10(6-12)15-8-9(2)7-14-15/h7-8,10H,3-6,13H2,1-2H3. The lowest BCUT2D eigenvalue weighted by Crippen LogP contribution is -2.46. The van der Waals surface area contributed by atoms with Crippen LogP contribution < -0.4 is 5.73 Å². The van der Waals surface area contributed by atoms with Gasteiger partial charge >= 0.3 is 5.97 Å². The number of hydrogen-bond donors (Lipinski definition) is 1. The Hall–Kier alpha value is -1.36. The maximum absolute atomic E-state index is 11.8. The number of aromatic nitrogens is 2. The molecule has 1 aliphatic rings. The number of hydrogen-bond acceptors (Lipinski definition) is 4.